The molecule has 0 aliphatic carbocycles. The quantitative estimate of drug-likeness (QED) is 0.582. The summed E-state index contributed by atoms with van der Waals surface area (Å²) in [4.78, 5) is 0. The first-order chi connectivity index (χ1) is 6.13. The molecule has 1 rings (SSSR count). The molecule has 0 aliphatic rings. The van der Waals surface area contributed by atoms with E-state index >= 15 is 0 Å². The molecule has 0 aliphatic heterocycles. The summed E-state index contributed by atoms with van der Waals surface area (Å²) in [5.74, 6) is 0.375. The molecule has 13 heavy (non-hydrogen) atoms. The Hall–Kier alpha value is -0.490. The van der Waals surface area contributed by atoms with Crippen molar-refractivity contribution in [3.8, 4) is 5.75 Å². The van der Waals surface area contributed by atoms with E-state index in [0.717, 1.165) is 0 Å². The van der Waals surface area contributed by atoms with Crippen molar-refractivity contribution < 1.29 is 19.7 Å². The zero-order valence-corrected chi connectivity index (χ0v) is 8.23. The maximum atomic E-state index is 8.86. The standard InChI is InChI=1S/C6H7B2BrO4/c9-5-1-4(8(11)12)2-6(3-5)13-7-10/h1-3,7,10-12H. The van der Waals surface area contributed by atoms with E-state index in [4.69, 9.17) is 19.7 Å². The van der Waals surface area contributed by atoms with E-state index in [1.54, 1.807) is 12.1 Å². The van der Waals surface area contributed by atoms with Crippen molar-refractivity contribution in [2.24, 2.45) is 0 Å². The van der Waals surface area contributed by atoms with Gasteiger partial charge in [-0.1, -0.05) is 15.9 Å². The van der Waals surface area contributed by atoms with Crippen molar-refractivity contribution in [3.05, 3.63) is 22.7 Å². The first-order valence-electron chi connectivity index (χ1n) is 3.54. The summed E-state index contributed by atoms with van der Waals surface area (Å²) in [6, 6.07) is 4.60. The Bertz CT molecular complexity index is 294. The van der Waals surface area contributed by atoms with Gasteiger partial charge in [0.15, 0.2) is 0 Å². The van der Waals surface area contributed by atoms with Crippen LogP contribution < -0.4 is 10.1 Å². The summed E-state index contributed by atoms with van der Waals surface area (Å²) >= 11 is 3.17. The van der Waals surface area contributed by atoms with E-state index in [0.29, 0.717) is 15.7 Å². The van der Waals surface area contributed by atoms with Crippen LogP contribution in [0.15, 0.2) is 22.7 Å². The Labute approximate surface area is 84.7 Å². The Kier molecular flexibility index (Phi) is 3.80. The zero-order valence-electron chi connectivity index (χ0n) is 6.64. The molecule has 0 spiro atoms. The SMILES string of the molecule is OBOc1cc(Br)cc(B(O)O)c1. The minimum Gasteiger partial charge on any atom is -0.539 e. The highest BCUT2D eigenvalue weighted by atomic mass is 79.9. The maximum Gasteiger partial charge on any atom is 0.504 e. The molecule has 0 saturated heterocycles. The molecule has 68 valence electrons. The van der Waals surface area contributed by atoms with E-state index in [2.05, 4.69) is 15.9 Å². The normalized spacial score (nSPS) is 9.54. The van der Waals surface area contributed by atoms with Gasteiger partial charge >= 0.3 is 14.8 Å². The lowest BCUT2D eigenvalue weighted by molar-refractivity contribution is 0.424. The van der Waals surface area contributed by atoms with Gasteiger partial charge in [0.25, 0.3) is 0 Å². The number of benzene rings is 1. The highest BCUT2D eigenvalue weighted by Crippen LogP contribution is 2.16. The Morgan fingerprint density at radius 2 is 2.00 bits per heavy atom. The molecule has 1 aromatic rings. The minimum atomic E-state index is -1.54. The number of halogens is 1. The van der Waals surface area contributed by atoms with Gasteiger partial charge in [0.1, 0.15) is 5.75 Å². The first kappa shape index (κ1) is 10.6. The van der Waals surface area contributed by atoms with Crippen LogP contribution in [0.3, 0.4) is 0 Å². The van der Waals surface area contributed by atoms with Crippen LogP contribution in [0.1, 0.15) is 0 Å². The zero-order chi connectivity index (χ0) is 9.84. The van der Waals surface area contributed by atoms with E-state index in [-0.39, 0.29) is 0 Å². The van der Waals surface area contributed by atoms with Crippen LogP contribution in [0.25, 0.3) is 0 Å². The molecular weight excluding hydrogens is 238 g/mol. The smallest absolute Gasteiger partial charge is 0.504 e. The van der Waals surface area contributed by atoms with E-state index < -0.39 is 14.8 Å². The minimum absolute atomic E-state index is 0.304. The largest absolute Gasteiger partial charge is 0.539 e. The monoisotopic (exact) mass is 244 g/mol. The van der Waals surface area contributed by atoms with E-state index in [1.807, 2.05) is 0 Å². The van der Waals surface area contributed by atoms with Gasteiger partial charge in [-0.3, -0.25) is 0 Å². The van der Waals surface area contributed by atoms with Crippen molar-refractivity contribution in [2.45, 2.75) is 0 Å². The Morgan fingerprint density at radius 3 is 2.54 bits per heavy atom. The summed E-state index contributed by atoms with van der Waals surface area (Å²) in [7, 11) is -1.99. The topological polar surface area (TPSA) is 69.9 Å². The van der Waals surface area contributed by atoms with Crippen LogP contribution in [0.4, 0.5) is 0 Å². The summed E-state index contributed by atoms with van der Waals surface area (Å²) in [5.41, 5.74) is 0.304. The van der Waals surface area contributed by atoms with Gasteiger partial charge in [-0.05, 0) is 23.7 Å². The highest BCUT2D eigenvalue weighted by Gasteiger charge is 2.12. The molecule has 0 radical (unpaired) electrons. The molecule has 0 aromatic heterocycles. The fourth-order valence-corrected chi connectivity index (χ4v) is 1.38. The van der Waals surface area contributed by atoms with Crippen LogP contribution in [0.2, 0.25) is 0 Å². The molecule has 7 heteroatoms. The van der Waals surface area contributed by atoms with Crippen LogP contribution >= 0.6 is 15.9 Å². The lowest BCUT2D eigenvalue weighted by Gasteiger charge is -2.05. The molecule has 0 fully saturated rings. The maximum absolute atomic E-state index is 8.86. The molecule has 0 bridgehead atoms. The summed E-state index contributed by atoms with van der Waals surface area (Å²) in [6.07, 6.45) is 0. The molecule has 0 saturated carbocycles. The molecular formula is C6H7B2BrO4. The molecule has 0 unspecified atom stereocenters. The van der Waals surface area contributed by atoms with Crippen LogP contribution in [-0.4, -0.2) is 29.9 Å². The molecule has 0 heterocycles. The predicted octanol–water partition coefficient (Wildman–Crippen LogP) is -1.23. The van der Waals surface area contributed by atoms with Gasteiger partial charge in [0.2, 0.25) is 0 Å². The van der Waals surface area contributed by atoms with Crippen molar-refractivity contribution in [2.75, 3.05) is 0 Å². The second kappa shape index (κ2) is 4.66. The fourth-order valence-electron chi connectivity index (χ4n) is 0.891. The fraction of sp³-hybridized carbons (Fsp3) is 0. The van der Waals surface area contributed by atoms with E-state index in [9.17, 15) is 0 Å². The van der Waals surface area contributed by atoms with Crippen molar-refractivity contribution in [1.82, 2.24) is 0 Å². The van der Waals surface area contributed by atoms with Crippen molar-refractivity contribution >= 4 is 36.2 Å². The third kappa shape index (κ3) is 3.04. The predicted molar refractivity (Wildman–Crippen MR) is 54.0 cm³/mol. The third-order valence-corrected chi connectivity index (χ3v) is 1.88. The average molecular weight is 245 g/mol. The van der Waals surface area contributed by atoms with Gasteiger partial charge in [-0.2, -0.15) is 0 Å². The van der Waals surface area contributed by atoms with Gasteiger partial charge in [-0.25, -0.2) is 0 Å². The van der Waals surface area contributed by atoms with Crippen LogP contribution in [-0.2, 0) is 0 Å². The van der Waals surface area contributed by atoms with Gasteiger partial charge in [-0.15, -0.1) is 0 Å². The van der Waals surface area contributed by atoms with Crippen molar-refractivity contribution in [1.29, 1.82) is 0 Å². The number of hydrogen-bond donors (Lipinski definition) is 3. The summed E-state index contributed by atoms with van der Waals surface area (Å²) in [6.45, 7) is 0. The summed E-state index contributed by atoms with van der Waals surface area (Å²) < 4.78 is 5.44. The van der Waals surface area contributed by atoms with Gasteiger partial charge in [0.05, 0.1) is 0 Å². The molecule has 0 atom stereocenters. The van der Waals surface area contributed by atoms with Crippen LogP contribution in [0, 0.1) is 0 Å². The first-order valence-corrected chi connectivity index (χ1v) is 4.33. The second-order valence-corrected chi connectivity index (χ2v) is 3.28. The molecule has 3 N–H and O–H groups in total. The molecule has 4 nitrogen and oxygen atoms in total. The number of rotatable bonds is 3. The van der Waals surface area contributed by atoms with E-state index in [1.165, 1.54) is 6.07 Å². The van der Waals surface area contributed by atoms with Crippen molar-refractivity contribution in [3.63, 3.8) is 0 Å². The molecule has 0 amide bonds. The molecule has 1 aromatic carbocycles. The lowest BCUT2D eigenvalue weighted by atomic mass is 9.80. The number of hydrogen-bond acceptors (Lipinski definition) is 4. The summed E-state index contributed by atoms with van der Waals surface area (Å²) in [5, 5.41) is 26.2. The van der Waals surface area contributed by atoms with Crippen LogP contribution in [0.5, 0.6) is 5.75 Å². The Morgan fingerprint density at radius 1 is 1.31 bits per heavy atom. The van der Waals surface area contributed by atoms with Gasteiger partial charge in [0, 0.05) is 4.47 Å². The van der Waals surface area contributed by atoms with Gasteiger partial charge < -0.3 is 19.7 Å². The highest BCUT2D eigenvalue weighted by molar-refractivity contribution is 9.10. The lowest BCUT2D eigenvalue weighted by Crippen LogP contribution is -2.29. The Balaban J connectivity index is 2.96. The third-order valence-electron chi connectivity index (χ3n) is 1.42. The average Bonchev–Trinajstić information content (AvgIpc) is 2.03. The second-order valence-electron chi connectivity index (χ2n) is 2.37.